The number of carbonyl (C=O) groups excluding carboxylic acids is 3. The standard InChI is InChI=1S/C15H12FNO5/c1-15(8-3-2-4-9(16)7-8)13(21)12(20)14(22-15)17-10(18)5-6-11(17)19/h2-4,7,20H,5-6H2,1H3. The Labute approximate surface area is 124 Å². The minimum atomic E-state index is -1.69. The van der Waals surface area contributed by atoms with Crippen molar-refractivity contribution in [3.8, 4) is 0 Å². The molecule has 6 nitrogen and oxygen atoms in total. The largest absolute Gasteiger partial charge is 0.501 e. The van der Waals surface area contributed by atoms with Crippen molar-refractivity contribution in [3.63, 3.8) is 0 Å². The molecule has 0 spiro atoms. The molecule has 1 fully saturated rings. The van der Waals surface area contributed by atoms with Gasteiger partial charge in [-0.2, -0.15) is 0 Å². The number of benzene rings is 1. The van der Waals surface area contributed by atoms with Crippen LogP contribution in [0.25, 0.3) is 0 Å². The number of hydrogen-bond acceptors (Lipinski definition) is 5. The first-order valence-corrected chi connectivity index (χ1v) is 6.63. The maximum Gasteiger partial charge on any atom is 0.252 e. The van der Waals surface area contributed by atoms with Gasteiger partial charge in [-0.15, -0.1) is 0 Å². The number of rotatable bonds is 2. The lowest BCUT2D eigenvalue weighted by Gasteiger charge is -2.25. The normalized spacial score (nSPS) is 25.2. The maximum atomic E-state index is 13.4. The van der Waals surface area contributed by atoms with Crippen molar-refractivity contribution in [1.82, 2.24) is 4.90 Å². The van der Waals surface area contributed by atoms with Crippen LogP contribution in [0.5, 0.6) is 0 Å². The molecule has 0 radical (unpaired) electrons. The van der Waals surface area contributed by atoms with E-state index in [0.29, 0.717) is 4.90 Å². The highest BCUT2D eigenvalue weighted by molar-refractivity contribution is 6.08. The molecule has 7 heteroatoms. The number of Topliss-reactive ketones (excluding diaryl/α,β-unsaturated/α-hetero) is 1. The summed E-state index contributed by atoms with van der Waals surface area (Å²) in [5.41, 5.74) is -1.51. The molecule has 0 bridgehead atoms. The smallest absolute Gasteiger partial charge is 0.252 e. The summed E-state index contributed by atoms with van der Waals surface area (Å²) in [7, 11) is 0. The van der Waals surface area contributed by atoms with Crippen LogP contribution in [0.4, 0.5) is 4.39 Å². The maximum absolute atomic E-state index is 13.4. The Balaban J connectivity index is 2.02. The molecule has 0 aromatic heterocycles. The molecule has 0 aliphatic carbocycles. The van der Waals surface area contributed by atoms with Crippen LogP contribution in [0.15, 0.2) is 35.9 Å². The van der Waals surface area contributed by atoms with Gasteiger partial charge in [-0.3, -0.25) is 14.4 Å². The van der Waals surface area contributed by atoms with Gasteiger partial charge < -0.3 is 9.84 Å². The van der Waals surface area contributed by atoms with Crippen LogP contribution >= 0.6 is 0 Å². The van der Waals surface area contributed by atoms with E-state index < -0.39 is 40.7 Å². The Morgan fingerprint density at radius 3 is 2.45 bits per heavy atom. The van der Waals surface area contributed by atoms with Gasteiger partial charge in [0.05, 0.1) is 0 Å². The van der Waals surface area contributed by atoms with Gasteiger partial charge in [-0.1, -0.05) is 12.1 Å². The van der Waals surface area contributed by atoms with E-state index in [1.54, 1.807) is 0 Å². The lowest BCUT2D eigenvalue weighted by Crippen LogP contribution is -2.33. The average molecular weight is 305 g/mol. The van der Waals surface area contributed by atoms with Crippen LogP contribution in [-0.2, 0) is 24.7 Å². The molecular formula is C15H12FNO5. The molecule has 2 aliphatic heterocycles. The Bertz CT molecular complexity index is 725. The second-order valence-electron chi connectivity index (χ2n) is 5.25. The molecule has 1 unspecified atom stereocenters. The van der Waals surface area contributed by atoms with Crippen molar-refractivity contribution in [2.75, 3.05) is 0 Å². The summed E-state index contributed by atoms with van der Waals surface area (Å²) in [6, 6.07) is 5.16. The summed E-state index contributed by atoms with van der Waals surface area (Å²) in [6.45, 7) is 1.35. The minimum absolute atomic E-state index is 0.0101. The van der Waals surface area contributed by atoms with Gasteiger partial charge in [0, 0.05) is 18.4 Å². The molecule has 0 saturated carbocycles. The molecule has 114 valence electrons. The van der Waals surface area contributed by atoms with E-state index in [1.807, 2.05) is 0 Å². The molecular weight excluding hydrogens is 293 g/mol. The predicted molar refractivity (Wildman–Crippen MR) is 70.6 cm³/mol. The van der Waals surface area contributed by atoms with Crippen molar-refractivity contribution in [1.29, 1.82) is 0 Å². The van der Waals surface area contributed by atoms with Crippen molar-refractivity contribution < 1.29 is 28.6 Å². The van der Waals surface area contributed by atoms with Crippen molar-refractivity contribution >= 4 is 17.6 Å². The highest BCUT2D eigenvalue weighted by Gasteiger charge is 2.52. The lowest BCUT2D eigenvalue weighted by atomic mass is 9.91. The predicted octanol–water partition coefficient (Wildman–Crippen LogP) is 1.52. The molecule has 1 aromatic carbocycles. The first-order valence-electron chi connectivity index (χ1n) is 6.63. The van der Waals surface area contributed by atoms with Crippen molar-refractivity contribution in [3.05, 3.63) is 47.3 Å². The fraction of sp³-hybridized carbons (Fsp3) is 0.267. The van der Waals surface area contributed by atoms with E-state index in [4.69, 9.17) is 4.74 Å². The minimum Gasteiger partial charge on any atom is -0.501 e. The van der Waals surface area contributed by atoms with Gasteiger partial charge in [0.1, 0.15) is 5.82 Å². The van der Waals surface area contributed by atoms with Gasteiger partial charge in [0.2, 0.25) is 17.6 Å². The summed E-state index contributed by atoms with van der Waals surface area (Å²) in [5.74, 6) is -3.80. The topological polar surface area (TPSA) is 83.9 Å². The number of nitrogens with zero attached hydrogens (tertiary/aromatic N) is 1. The van der Waals surface area contributed by atoms with Crippen molar-refractivity contribution in [2.45, 2.75) is 25.4 Å². The highest BCUT2D eigenvalue weighted by atomic mass is 19.1. The van der Waals surface area contributed by atoms with Gasteiger partial charge in [-0.25, -0.2) is 9.29 Å². The van der Waals surface area contributed by atoms with Crippen LogP contribution in [-0.4, -0.2) is 27.6 Å². The first-order chi connectivity index (χ1) is 10.3. The van der Waals surface area contributed by atoms with Crippen LogP contribution in [0.3, 0.4) is 0 Å². The highest BCUT2D eigenvalue weighted by Crippen LogP contribution is 2.40. The number of ether oxygens (including phenoxy) is 1. The Morgan fingerprint density at radius 1 is 1.23 bits per heavy atom. The average Bonchev–Trinajstić information content (AvgIpc) is 2.92. The number of aliphatic hydroxyl groups excluding tert-OH is 1. The molecule has 1 atom stereocenters. The Kier molecular flexibility index (Phi) is 3.01. The first kappa shape index (κ1) is 14.2. The molecule has 2 heterocycles. The number of amides is 2. The number of carbonyl (C=O) groups is 3. The van der Waals surface area contributed by atoms with E-state index in [-0.39, 0.29) is 18.4 Å². The number of imide groups is 1. The molecule has 3 rings (SSSR count). The lowest BCUT2D eigenvalue weighted by molar-refractivity contribution is -0.144. The second kappa shape index (κ2) is 4.66. The molecule has 2 amide bonds. The van der Waals surface area contributed by atoms with Crippen LogP contribution < -0.4 is 0 Å². The van der Waals surface area contributed by atoms with E-state index in [2.05, 4.69) is 0 Å². The summed E-state index contributed by atoms with van der Waals surface area (Å²) in [5, 5.41) is 9.98. The van der Waals surface area contributed by atoms with Gasteiger partial charge in [-0.05, 0) is 19.1 Å². The molecule has 1 N–H and O–H groups in total. The fourth-order valence-corrected chi connectivity index (χ4v) is 2.54. The zero-order valence-electron chi connectivity index (χ0n) is 11.6. The Morgan fingerprint density at radius 2 is 1.86 bits per heavy atom. The summed E-state index contributed by atoms with van der Waals surface area (Å²) >= 11 is 0. The third kappa shape index (κ3) is 1.89. The van der Waals surface area contributed by atoms with Gasteiger partial charge in [0.15, 0.2) is 5.60 Å². The number of halogens is 1. The molecule has 1 saturated heterocycles. The van der Waals surface area contributed by atoms with E-state index in [1.165, 1.54) is 25.1 Å². The van der Waals surface area contributed by atoms with E-state index in [9.17, 15) is 23.9 Å². The zero-order valence-corrected chi connectivity index (χ0v) is 11.6. The third-order valence-corrected chi connectivity index (χ3v) is 3.78. The summed E-state index contributed by atoms with van der Waals surface area (Å²) in [4.78, 5) is 36.4. The summed E-state index contributed by atoms with van der Waals surface area (Å²) < 4.78 is 18.8. The molecule has 1 aromatic rings. The van der Waals surface area contributed by atoms with E-state index >= 15 is 0 Å². The van der Waals surface area contributed by atoms with Crippen molar-refractivity contribution in [2.24, 2.45) is 0 Å². The quantitative estimate of drug-likeness (QED) is 0.837. The fourth-order valence-electron chi connectivity index (χ4n) is 2.54. The number of aliphatic hydroxyl groups is 1. The third-order valence-electron chi connectivity index (χ3n) is 3.78. The number of ketones is 1. The monoisotopic (exact) mass is 305 g/mol. The van der Waals surface area contributed by atoms with Crippen LogP contribution in [0.2, 0.25) is 0 Å². The van der Waals surface area contributed by atoms with Gasteiger partial charge >= 0.3 is 0 Å². The Hall–Kier alpha value is -2.70. The van der Waals surface area contributed by atoms with Gasteiger partial charge in [0.25, 0.3) is 11.7 Å². The van der Waals surface area contributed by atoms with Crippen LogP contribution in [0.1, 0.15) is 25.3 Å². The number of likely N-dealkylation sites (tertiary alicyclic amines) is 1. The molecule has 22 heavy (non-hydrogen) atoms. The SMILES string of the molecule is CC1(c2cccc(F)c2)OC(N2C(=O)CCC2=O)=C(O)C1=O. The molecule has 2 aliphatic rings. The summed E-state index contributed by atoms with van der Waals surface area (Å²) in [6.07, 6.45) is -0.0202. The number of hydrogen-bond donors (Lipinski definition) is 1. The second-order valence-corrected chi connectivity index (χ2v) is 5.25. The zero-order chi connectivity index (χ0) is 16.1. The van der Waals surface area contributed by atoms with Crippen LogP contribution in [0, 0.1) is 5.82 Å². The van der Waals surface area contributed by atoms with E-state index in [0.717, 1.165) is 6.07 Å².